The molecule has 0 aliphatic rings. The molecule has 0 bridgehead atoms. The largest absolute Gasteiger partial charge is 0.320 e. The number of benzene rings is 2. The second-order valence-electron chi connectivity index (χ2n) is 6.46. The van der Waals surface area contributed by atoms with E-state index in [1.54, 1.807) is 0 Å². The Bertz CT molecular complexity index is 1000. The molecule has 4 aromatic rings. The Morgan fingerprint density at radius 2 is 1.80 bits per heavy atom. The Balaban J connectivity index is 1.84. The van der Waals surface area contributed by atoms with Gasteiger partial charge in [-0.05, 0) is 18.1 Å². The van der Waals surface area contributed by atoms with Gasteiger partial charge in [-0.15, -0.1) is 0 Å². The van der Waals surface area contributed by atoms with Crippen molar-refractivity contribution >= 4 is 21.9 Å². The highest BCUT2D eigenvalue weighted by molar-refractivity contribution is 6.03. The smallest absolute Gasteiger partial charge is 0.115 e. The Kier molecular flexibility index (Phi) is 4.10. The van der Waals surface area contributed by atoms with Crippen LogP contribution in [-0.2, 0) is 6.54 Å². The lowest BCUT2D eigenvalue weighted by Crippen LogP contribution is -2.13. The molecular formula is C21H22N4. The molecule has 2 aromatic heterocycles. The van der Waals surface area contributed by atoms with Crippen LogP contribution in [0.25, 0.3) is 21.9 Å². The SMILES string of the molecule is CCC(C)c1nc2ccccc2c2c1ncn2NCc1ccccc1. The van der Waals surface area contributed by atoms with Gasteiger partial charge >= 0.3 is 0 Å². The van der Waals surface area contributed by atoms with Crippen molar-refractivity contribution in [2.75, 3.05) is 5.43 Å². The molecule has 4 nitrogen and oxygen atoms in total. The average molecular weight is 330 g/mol. The summed E-state index contributed by atoms with van der Waals surface area (Å²) in [4.78, 5) is 9.59. The third-order valence-corrected chi connectivity index (χ3v) is 4.79. The van der Waals surface area contributed by atoms with Crippen LogP contribution in [0.1, 0.15) is 37.4 Å². The summed E-state index contributed by atoms with van der Waals surface area (Å²) >= 11 is 0. The van der Waals surface area contributed by atoms with Gasteiger partial charge in [0.1, 0.15) is 17.4 Å². The summed E-state index contributed by atoms with van der Waals surface area (Å²) in [5.74, 6) is 0.379. The van der Waals surface area contributed by atoms with Gasteiger partial charge in [0, 0.05) is 11.3 Å². The third kappa shape index (κ3) is 2.84. The van der Waals surface area contributed by atoms with Crippen molar-refractivity contribution in [1.29, 1.82) is 0 Å². The maximum atomic E-state index is 4.90. The van der Waals surface area contributed by atoms with E-state index >= 15 is 0 Å². The molecule has 1 atom stereocenters. The number of hydrogen-bond donors (Lipinski definition) is 1. The zero-order valence-electron chi connectivity index (χ0n) is 14.6. The quantitative estimate of drug-likeness (QED) is 0.569. The predicted molar refractivity (Wildman–Crippen MR) is 103 cm³/mol. The maximum absolute atomic E-state index is 4.90. The molecule has 1 unspecified atom stereocenters. The maximum Gasteiger partial charge on any atom is 0.115 e. The molecule has 4 rings (SSSR count). The van der Waals surface area contributed by atoms with Crippen LogP contribution in [0, 0.1) is 0 Å². The van der Waals surface area contributed by atoms with Crippen LogP contribution in [0.4, 0.5) is 0 Å². The van der Waals surface area contributed by atoms with Gasteiger partial charge in [-0.3, -0.25) is 4.98 Å². The van der Waals surface area contributed by atoms with E-state index in [0.29, 0.717) is 5.92 Å². The number of nitrogens with one attached hydrogen (secondary N) is 1. The zero-order chi connectivity index (χ0) is 17.2. The standard InChI is InChI=1S/C21H22N4/c1-3-15(2)19-20-21(17-11-7-8-12-18(17)24-19)25(14-22-20)23-13-16-9-5-4-6-10-16/h4-12,14-15,23H,3,13H2,1-2H3. The minimum atomic E-state index is 0.379. The van der Waals surface area contributed by atoms with Gasteiger partial charge in [0.2, 0.25) is 0 Å². The lowest BCUT2D eigenvalue weighted by atomic mass is 10.0. The van der Waals surface area contributed by atoms with Crippen LogP contribution >= 0.6 is 0 Å². The number of nitrogens with zero attached hydrogens (tertiary/aromatic N) is 3. The van der Waals surface area contributed by atoms with E-state index in [1.807, 2.05) is 23.1 Å². The molecule has 4 heteroatoms. The van der Waals surface area contributed by atoms with Crippen LogP contribution in [0.3, 0.4) is 0 Å². The van der Waals surface area contributed by atoms with E-state index < -0.39 is 0 Å². The van der Waals surface area contributed by atoms with Crippen LogP contribution in [0.2, 0.25) is 0 Å². The summed E-state index contributed by atoms with van der Waals surface area (Å²) in [5, 5.41) is 1.13. The molecule has 0 aliphatic carbocycles. The van der Waals surface area contributed by atoms with Crippen molar-refractivity contribution in [3.8, 4) is 0 Å². The van der Waals surface area contributed by atoms with Crippen LogP contribution in [0.15, 0.2) is 60.9 Å². The number of rotatable bonds is 5. The molecule has 0 amide bonds. The summed E-state index contributed by atoms with van der Waals surface area (Å²) < 4.78 is 2.04. The number of pyridine rings is 1. The summed E-state index contributed by atoms with van der Waals surface area (Å²) in [6.45, 7) is 5.16. The van der Waals surface area contributed by atoms with E-state index in [1.165, 1.54) is 5.56 Å². The predicted octanol–water partition coefficient (Wildman–Crippen LogP) is 4.84. The second-order valence-corrected chi connectivity index (χ2v) is 6.46. The van der Waals surface area contributed by atoms with E-state index in [9.17, 15) is 0 Å². The molecule has 0 saturated heterocycles. The van der Waals surface area contributed by atoms with Crippen molar-refractivity contribution in [3.63, 3.8) is 0 Å². The highest BCUT2D eigenvalue weighted by Crippen LogP contribution is 2.30. The summed E-state index contributed by atoms with van der Waals surface area (Å²) in [6.07, 6.45) is 2.92. The number of imidazole rings is 1. The van der Waals surface area contributed by atoms with Crippen LogP contribution in [0.5, 0.6) is 0 Å². The second kappa shape index (κ2) is 6.55. The van der Waals surface area contributed by atoms with Gasteiger partial charge in [0.15, 0.2) is 0 Å². The molecule has 0 fully saturated rings. The highest BCUT2D eigenvalue weighted by Gasteiger charge is 2.17. The molecule has 2 aromatic carbocycles. The normalized spacial score (nSPS) is 12.6. The first-order valence-corrected chi connectivity index (χ1v) is 8.81. The first-order chi connectivity index (χ1) is 12.3. The fraction of sp³-hybridized carbons (Fsp3) is 0.238. The Morgan fingerprint density at radius 1 is 1.04 bits per heavy atom. The third-order valence-electron chi connectivity index (χ3n) is 4.79. The number of para-hydroxylation sites is 1. The topological polar surface area (TPSA) is 42.7 Å². The lowest BCUT2D eigenvalue weighted by Gasteiger charge is -2.13. The number of hydrogen-bond acceptors (Lipinski definition) is 3. The molecule has 0 spiro atoms. The molecule has 126 valence electrons. The van der Waals surface area contributed by atoms with Gasteiger partial charge in [0.25, 0.3) is 0 Å². The van der Waals surface area contributed by atoms with Crippen molar-refractivity contribution in [1.82, 2.24) is 14.6 Å². The van der Waals surface area contributed by atoms with Crippen molar-refractivity contribution < 1.29 is 0 Å². The Hall–Kier alpha value is -2.88. The van der Waals surface area contributed by atoms with E-state index in [4.69, 9.17) is 4.98 Å². The average Bonchev–Trinajstić information content (AvgIpc) is 3.10. The first kappa shape index (κ1) is 15.6. The molecule has 0 aliphatic heterocycles. The first-order valence-electron chi connectivity index (χ1n) is 8.81. The summed E-state index contributed by atoms with van der Waals surface area (Å²) in [5.41, 5.74) is 8.93. The van der Waals surface area contributed by atoms with E-state index in [0.717, 1.165) is 40.6 Å². The minimum absolute atomic E-state index is 0.379. The van der Waals surface area contributed by atoms with Gasteiger partial charge in [-0.1, -0.05) is 62.4 Å². The van der Waals surface area contributed by atoms with Crippen LogP contribution < -0.4 is 5.43 Å². The molecule has 2 heterocycles. The molecule has 0 saturated carbocycles. The van der Waals surface area contributed by atoms with Crippen LogP contribution in [-0.4, -0.2) is 14.6 Å². The molecule has 0 radical (unpaired) electrons. The Labute approximate surface area is 147 Å². The minimum Gasteiger partial charge on any atom is -0.320 e. The van der Waals surface area contributed by atoms with Crippen molar-refractivity contribution in [2.45, 2.75) is 32.7 Å². The Morgan fingerprint density at radius 3 is 2.60 bits per heavy atom. The van der Waals surface area contributed by atoms with Gasteiger partial charge in [-0.2, -0.15) is 0 Å². The summed E-state index contributed by atoms with van der Waals surface area (Å²) in [6, 6.07) is 18.7. The van der Waals surface area contributed by atoms with E-state index in [-0.39, 0.29) is 0 Å². The highest BCUT2D eigenvalue weighted by atomic mass is 15.4. The monoisotopic (exact) mass is 330 g/mol. The van der Waals surface area contributed by atoms with Gasteiger partial charge < -0.3 is 5.43 Å². The van der Waals surface area contributed by atoms with Gasteiger partial charge in [0.05, 0.1) is 17.8 Å². The van der Waals surface area contributed by atoms with Crippen molar-refractivity contribution in [2.24, 2.45) is 0 Å². The lowest BCUT2D eigenvalue weighted by molar-refractivity contribution is 0.717. The number of fused-ring (bicyclic) bond motifs is 3. The molecular weight excluding hydrogens is 308 g/mol. The molecule has 1 N–H and O–H groups in total. The van der Waals surface area contributed by atoms with Gasteiger partial charge in [-0.25, -0.2) is 9.66 Å². The fourth-order valence-corrected chi connectivity index (χ4v) is 3.18. The number of aromatic nitrogens is 3. The fourth-order valence-electron chi connectivity index (χ4n) is 3.18. The zero-order valence-corrected chi connectivity index (χ0v) is 14.6. The summed E-state index contributed by atoms with van der Waals surface area (Å²) in [7, 11) is 0. The molecule has 25 heavy (non-hydrogen) atoms. The van der Waals surface area contributed by atoms with E-state index in [2.05, 4.69) is 66.7 Å². The van der Waals surface area contributed by atoms with Crippen molar-refractivity contribution in [3.05, 3.63) is 72.2 Å².